The molecular weight excluding hydrogens is 1980 g/mol. The van der Waals surface area contributed by atoms with E-state index in [1.165, 1.54) is 6.92 Å². The fourth-order valence-electron chi connectivity index (χ4n) is 18.8. The predicted molar refractivity (Wildman–Crippen MR) is 448 cm³/mol. The molecule has 64 heteroatoms. The largest absolute Gasteiger partial charge is 0.477 e. The average Bonchev–Trinajstić information content (AvgIpc) is 0.753. The number of carboxylic acids is 1. The first kappa shape index (κ1) is 120. The van der Waals surface area contributed by atoms with Crippen LogP contribution in [0.15, 0.2) is 0 Å². The van der Waals surface area contributed by atoms with Crippen molar-refractivity contribution in [3.8, 4) is 0 Å². The van der Waals surface area contributed by atoms with Crippen LogP contribution in [0.25, 0.3) is 0 Å². The Hall–Kier alpha value is -5.71. The minimum Gasteiger partial charge on any atom is -0.477 e. The highest BCUT2D eigenvalue weighted by Gasteiger charge is 2.65. The van der Waals surface area contributed by atoms with Crippen molar-refractivity contribution in [2.24, 2.45) is 0 Å². The molecular formula is C81H134N6O58. The van der Waals surface area contributed by atoms with Crippen LogP contribution in [0.2, 0.25) is 0 Å². The first-order valence-corrected chi connectivity index (χ1v) is 46.1. The zero-order chi connectivity index (χ0) is 107. The fourth-order valence-corrected chi connectivity index (χ4v) is 18.8. The van der Waals surface area contributed by atoms with Crippen LogP contribution in [0, 0.1) is 0 Å². The first-order chi connectivity index (χ1) is 68.4. The van der Waals surface area contributed by atoms with Gasteiger partial charge >= 0.3 is 5.97 Å². The third-order valence-corrected chi connectivity index (χ3v) is 26.3. The van der Waals surface area contributed by atoms with Gasteiger partial charge in [-0.1, -0.05) is 0 Å². The number of hydrogen-bond acceptors (Lipinski definition) is 57. The lowest BCUT2D eigenvalue weighted by Gasteiger charge is -2.52. The van der Waals surface area contributed by atoms with Crippen molar-refractivity contribution in [1.82, 2.24) is 31.9 Å². The second kappa shape index (κ2) is 51.8. The van der Waals surface area contributed by atoms with Crippen LogP contribution in [-0.4, -0.2) is 604 Å². The van der Waals surface area contributed by atoms with Gasteiger partial charge in [0.2, 0.25) is 35.4 Å². The monoisotopic (exact) mass is 2120 g/mol. The highest BCUT2D eigenvalue weighted by atomic mass is 16.8. The second-order valence-electron chi connectivity index (χ2n) is 36.7. The number of aliphatic hydroxyl groups is 29. The van der Waals surface area contributed by atoms with Gasteiger partial charge in [-0.2, -0.15) is 0 Å². The van der Waals surface area contributed by atoms with Gasteiger partial charge in [0, 0.05) is 48.0 Å². The molecule has 11 fully saturated rings. The van der Waals surface area contributed by atoms with Crippen molar-refractivity contribution in [2.75, 3.05) is 66.1 Å². The highest BCUT2D eigenvalue weighted by Crippen LogP contribution is 2.44. The van der Waals surface area contributed by atoms with Crippen molar-refractivity contribution in [2.45, 2.75) is 398 Å². The Bertz CT molecular complexity index is 4150. The molecule has 0 bridgehead atoms. The van der Waals surface area contributed by atoms with Gasteiger partial charge < -0.3 is 285 Å². The summed E-state index contributed by atoms with van der Waals surface area (Å²) >= 11 is 0. The molecule has 11 aliphatic heterocycles. The Labute approximate surface area is 821 Å². The number of hydrogen-bond donors (Lipinski definition) is 36. The number of carboxylic acid groups (broad SMARTS) is 1. The van der Waals surface area contributed by atoms with Gasteiger partial charge in [0.1, 0.15) is 256 Å². The summed E-state index contributed by atoms with van der Waals surface area (Å²) in [5.74, 6) is -11.5. The summed E-state index contributed by atoms with van der Waals surface area (Å²) in [6.45, 7) is -5.79. The van der Waals surface area contributed by atoms with Crippen LogP contribution in [0.1, 0.15) is 54.9 Å². The van der Waals surface area contributed by atoms with E-state index in [2.05, 4.69) is 31.9 Å². The molecule has 145 heavy (non-hydrogen) atoms. The van der Waals surface area contributed by atoms with Gasteiger partial charge in [0.15, 0.2) is 62.9 Å². The van der Waals surface area contributed by atoms with Crippen molar-refractivity contribution >= 4 is 41.4 Å². The molecule has 0 aliphatic carbocycles. The zero-order valence-electron chi connectivity index (χ0n) is 78.4. The lowest BCUT2D eigenvalue weighted by Crippen LogP contribution is -2.71. The molecule has 0 aromatic rings. The van der Waals surface area contributed by atoms with E-state index in [0.717, 1.165) is 41.5 Å². The highest BCUT2D eigenvalue weighted by molar-refractivity contribution is 5.77. The maximum atomic E-state index is 13.5. The summed E-state index contributed by atoms with van der Waals surface area (Å²) in [5.41, 5.74) is 0. The van der Waals surface area contributed by atoms with E-state index in [1.54, 1.807) is 0 Å². The van der Waals surface area contributed by atoms with Crippen LogP contribution >= 0.6 is 0 Å². The lowest BCUT2D eigenvalue weighted by molar-refractivity contribution is -0.408. The van der Waals surface area contributed by atoms with E-state index in [0.29, 0.717) is 0 Å². The van der Waals surface area contributed by atoms with E-state index in [-0.39, 0.29) is 0 Å². The van der Waals surface area contributed by atoms with Gasteiger partial charge in [-0.25, -0.2) is 4.79 Å². The molecule has 0 aromatic carbocycles. The van der Waals surface area contributed by atoms with Gasteiger partial charge in [-0.15, -0.1) is 0 Å². The minimum absolute atomic E-state index is 0.840. The van der Waals surface area contributed by atoms with Gasteiger partial charge in [-0.3, -0.25) is 28.8 Å². The summed E-state index contributed by atoms with van der Waals surface area (Å²) in [6, 6.07) is -12.0. The Balaban J connectivity index is 0.987. The van der Waals surface area contributed by atoms with Gasteiger partial charge in [0.05, 0.1) is 84.3 Å². The van der Waals surface area contributed by atoms with Crippen LogP contribution < -0.4 is 31.9 Å². The number of aliphatic carboxylic acids is 1. The van der Waals surface area contributed by atoms with E-state index in [4.69, 9.17) is 99.5 Å². The lowest BCUT2D eigenvalue weighted by atomic mass is 9.88. The third kappa shape index (κ3) is 26.9. The molecule has 836 valence electrons. The molecule has 0 spiro atoms. The standard InChI is InChI=1S/C81H134N6O58/c1-19-43(104)55(116)58(119)75(127-19)125-17-35-63(52(113)38(70(122)128-35)83-21(3)97)137-73-41(86-24(6)100)53(114)62(33(15-94)134-73)139-77-60(121)67(141-79-69(57(118)48(109)31(13-92)133-79)143-72-40(85-23(5)99)51(112)46(107)29(11-90)130-72)64(140-71-39(84-22(4)98)50(111)45(106)28(10-89)129-71)36(136-77)18-126-78-68(56(117)47(108)30(12-91)132-78)142-74-42(87-25(7)101)54(115)61(34(16-95)135-74)138-76-59(120)66(49(110)32(14-93)131-76)145-81(80(123)124)8-26(102)37(82-20(2)96)65(144-81)44(105)27(103)9-88/h19,26-79,88-95,102-122H,8-18H2,1-7H3,(H,82,96)(H,83,97)(H,84,98)(H,85,99)(H,86,100)(H,87,101)(H,123,124)/t19-,26-,27+,28+,29+,30+,31+,32+,33+,34+,35+,36+,37+,38+,39+,40+,41+,42+,43+,44+,45+,46+,47+,48+,49-,50+,51+,52+,53+,54+,55+,56-,57-,58-,59+,60-,61+,62+,63+,64+,65+,66-,67+,68-,69-,70+,71-,72-,73-,74-,75+,76-,77-,78+,79-,81?/m0/s1. The van der Waals surface area contributed by atoms with E-state index >= 15 is 0 Å². The maximum absolute atomic E-state index is 13.5. The second-order valence-corrected chi connectivity index (χ2v) is 36.7. The number of aliphatic hydroxyl groups excluding tert-OH is 29. The summed E-state index contributed by atoms with van der Waals surface area (Å²) < 4.78 is 128. The molecule has 6 amide bonds. The molecule has 1 unspecified atom stereocenters. The maximum Gasteiger partial charge on any atom is 0.364 e. The molecule has 11 rings (SSSR count). The summed E-state index contributed by atoms with van der Waals surface area (Å²) in [7, 11) is 0. The smallest absolute Gasteiger partial charge is 0.364 e. The fraction of sp³-hybridized carbons (Fsp3) is 0.914. The quantitative estimate of drug-likeness (QED) is 0.0272. The molecule has 36 N–H and O–H groups in total. The predicted octanol–water partition coefficient (Wildman–Crippen LogP) is -23.9. The Kier molecular flexibility index (Phi) is 42.7. The first-order valence-electron chi connectivity index (χ1n) is 46.1. The van der Waals surface area contributed by atoms with Crippen LogP contribution in [0.3, 0.4) is 0 Å². The number of nitrogens with one attached hydrogen (secondary N) is 6. The molecule has 11 aliphatic rings. The Morgan fingerprint density at radius 1 is 0.297 bits per heavy atom. The SMILES string of the molecule is CC(=O)N[C@@H]1[C@@H](O)[C@H](O[C@@H]2O[C@H](CO)[C@@H](O[C@@H]3O[C@H](CO[C@@H]4O[C@H](CO)[C@@H](O)[C@H](O)[C@@H]4O[C@@H]4O[C@H](CO)[C@@H](O[C@@H]5O[C@H](CO)[C@H](O)[C@H](OC6(C(=O)O)C[C@H](O)[C@@H](NC(C)=O)[C@H]([C@H](O)[C@H](O)CO)O6)[C@H]5O)[C@H](O)[C@H]4NC(C)=O)[C@@H](O[C@@H]4O[C@H](CO)[C@@H](O)[C@H](O)[C@H]4NC(C)=O)[C@H](O[C@@H]4O[C@H](CO)[C@@H](O)[C@H](O)[C@@H]4O[C@@H]4O[C@H](CO)[C@@H](O)[C@H](O)[C@H]4NC(C)=O)[C@@H]3O)[C@H](O)[C@H]2NC(C)=O)[C@@H](CO[C@@H]2O[C@@H](C)[C@@H](O)[C@@H](O)[C@@H]2O)O[C@H]1O. The van der Waals surface area contributed by atoms with Gasteiger partial charge in [-0.05, 0) is 6.92 Å². The molecule has 0 saturated carbocycles. The van der Waals surface area contributed by atoms with E-state index in [9.17, 15) is 187 Å². The van der Waals surface area contributed by atoms with Crippen LogP contribution in [0.4, 0.5) is 0 Å². The number of carbonyl (C=O) groups is 7. The topological polar surface area (TPSA) is 992 Å². The van der Waals surface area contributed by atoms with E-state index < -0.39 is 457 Å². The molecule has 11 saturated heterocycles. The van der Waals surface area contributed by atoms with Crippen LogP contribution in [0.5, 0.6) is 0 Å². The zero-order valence-corrected chi connectivity index (χ0v) is 78.4. The Morgan fingerprint density at radius 2 is 0.614 bits per heavy atom. The summed E-state index contributed by atoms with van der Waals surface area (Å²) in [6.07, 6.45) is -111. The van der Waals surface area contributed by atoms with Crippen molar-refractivity contribution in [1.29, 1.82) is 0 Å². The molecule has 0 aromatic heterocycles. The third-order valence-electron chi connectivity index (χ3n) is 26.3. The average molecular weight is 2120 g/mol. The number of ether oxygens (including phenoxy) is 21. The molecule has 56 atom stereocenters. The van der Waals surface area contributed by atoms with Crippen LogP contribution in [-0.2, 0) is 133 Å². The molecule has 64 nitrogen and oxygen atoms in total. The van der Waals surface area contributed by atoms with Crippen molar-refractivity contribution in [3.05, 3.63) is 0 Å². The Morgan fingerprint density at radius 3 is 1.04 bits per heavy atom. The van der Waals surface area contributed by atoms with Crippen molar-refractivity contribution < 1.29 is 286 Å². The van der Waals surface area contributed by atoms with Crippen molar-refractivity contribution in [3.63, 3.8) is 0 Å². The number of carbonyl (C=O) groups excluding carboxylic acids is 6. The normalized spacial score (nSPS) is 47.2. The summed E-state index contributed by atoms with van der Waals surface area (Å²) in [4.78, 5) is 91.4. The number of rotatable bonds is 39. The molecule has 0 radical (unpaired) electrons. The molecule has 11 heterocycles. The summed E-state index contributed by atoms with van der Waals surface area (Å²) in [5, 5.41) is 355. The number of amides is 6. The minimum atomic E-state index is -3.36. The van der Waals surface area contributed by atoms with E-state index in [1.807, 2.05) is 0 Å². The van der Waals surface area contributed by atoms with Gasteiger partial charge in [0.25, 0.3) is 5.79 Å².